The van der Waals surface area contributed by atoms with Gasteiger partial charge in [-0.2, -0.15) is 4.31 Å². The number of hydrogen-bond donors (Lipinski definition) is 1. The van der Waals surface area contributed by atoms with E-state index in [2.05, 4.69) is 5.32 Å². The highest BCUT2D eigenvalue weighted by Gasteiger charge is 2.29. The van der Waals surface area contributed by atoms with Gasteiger partial charge in [0.2, 0.25) is 10.0 Å². The van der Waals surface area contributed by atoms with Gasteiger partial charge in [0.15, 0.2) is 6.61 Å². The van der Waals surface area contributed by atoms with Crippen LogP contribution in [0.5, 0.6) is 5.75 Å². The normalized spacial score (nSPS) is 16.9. The molecule has 0 bridgehead atoms. The molecule has 0 saturated carbocycles. The predicted molar refractivity (Wildman–Crippen MR) is 99.0 cm³/mol. The van der Waals surface area contributed by atoms with Crippen LogP contribution in [0.1, 0.15) is 26.7 Å². The van der Waals surface area contributed by atoms with Gasteiger partial charge < -0.3 is 14.8 Å². The van der Waals surface area contributed by atoms with Crippen LogP contribution in [0.25, 0.3) is 0 Å². The molecule has 1 aliphatic heterocycles. The van der Waals surface area contributed by atoms with Crippen molar-refractivity contribution in [2.75, 3.05) is 32.9 Å². The molecule has 1 fully saturated rings. The van der Waals surface area contributed by atoms with Crippen molar-refractivity contribution in [1.29, 1.82) is 0 Å². The zero-order chi connectivity index (χ0) is 19.2. The van der Waals surface area contributed by atoms with E-state index >= 15 is 0 Å². The van der Waals surface area contributed by atoms with Gasteiger partial charge in [0.25, 0.3) is 5.91 Å². The Labute approximate surface area is 159 Å². The van der Waals surface area contributed by atoms with Gasteiger partial charge in [-0.3, -0.25) is 4.79 Å². The predicted octanol–water partition coefficient (Wildman–Crippen LogP) is 2.04. The quantitative estimate of drug-likeness (QED) is 0.716. The molecule has 2 rings (SSSR count). The molecule has 0 spiro atoms. The summed E-state index contributed by atoms with van der Waals surface area (Å²) >= 11 is 5.99. The average Bonchev–Trinajstić information content (AvgIpc) is 2.61. The molecule has 1 amide bonds. The van der Waals surface area contributed by atoms with Crippen molar-refractivity contribution in [3.8, 4) is 5.75 Å². The lowest BCUT2D eigenvalue weighted by atomic mass is 10.2. The van der Waals surface area contributed by atoms with Crippen LogP contribution < -0.4 is 10.1 Å². The molecule has 0 aliphatic carbocycles. The van der Waals surface area contributed by atoms with E-state index in [0.717, 1.165) is 12.8 Å². The number of carbonyl (C=O) groups is 1. The smallest absolute Gasteiger partial charge is 0.258 e. The third kappa shape index (κ3) is 5.57. The van der Waals surface area contributed by atoms with Gasteiger partial charge >= 0.3 is 0 Å². The molecule has 1 aromatic rings. The summed E-state index contributed by atoms with van der Waals surface area (Å²) in [5, 5.41) is 3.10. The highest BCUT2D eigenvalue weighted by Crippen LogP contribution is 2.30. The maximum absolute atomic E-state index is 12.9. The van der Waals surface area contributed by atoms with Gasteiger partial charge in [0.1, 0.15) is 10.6 Å². The number of ether oxygens (including phenoxy) is 2. The number of amides is 1. The maximum atomic E-state index is 12.9. The van der Waals surface area contributed by atoms with Crippen LogP contribution in [0.15, 0.2) is 23.1 Å². The molecule has 146 valence electrons. The van der Waals surface area contributed by atoms with Crippen LogP contribution in [0.4, 0.5) is 0 Å². The number of carbonyl (C=O) groups excluding carboxylic acids is 1. The van der Waals surface area contributed by atoms with Crippen molar-refractivity contribution in [1.82, 2.24) is 9.62 Å². The Hall–Kier alpha value is -1.35. The number of sulfonamides is 1. The van der Waals surface area contributed by atoms with E-state index in [1.54, 1.807) is 0 Å². The molecule has 9 heteroatoms. The van der Waals surface area contributed by atoms with E-state index < -0.39 is 10.0 Å². The molecule has 1 heterocycles. The van der Waals surface area contributed by atoms with Gasteiger partial charge in [0.05, 0.1) is 13.2 Å². The number of nitrogens with one attached hydrogen (secondary N) is 1. The van der Waals surface area contributed by atoms with E-state index in [1.807, 2.05) is 13.8 Å². The molecular formula is C17H25ClN2O5S. The van der Waals surface area contributed by atoms with Crippen molar-refractivity contribution in [3.05, 3.63) is 23.2 Å². The Bertz CT molecular complexity index is 720. The molecule has 0 aromatic heterocycles. The van der Waals surface area contributed by atoms with Gasteiger partial charge in [-0.1, -0.05) is 24.9 Å². The second-order valence-electron chi connectivity index (χ2n) is 6.15. The second-order valence-corrected chi connectivity index (χ2v) is 8.50. The third-order valence-corrected chi connectivity index (χ3v) is 6.14. The van der Waals surface area contributed by atoms with Gasteiger partial charge in [-0.05, 0) is 31.5 Å². The van der Waals surface area contributed by atoms with Crippen molar-refractivity contribution in [3.63, 3.8) is 0 Å². The topological polar surface area (TPSA) is 84.9 Å². The Balaban J connectivity index is 2.13. The van der Waals surface area contributed by atoms with Crippen LogP contribution in [0.2, 0.25) is 5.02 Å². The fourth-order valence-corrected chi connectivity index (χ4v) is 4.50. The molecule has 26 heavy (non-hydrogen) atoms. The second kappa shape index (κ2) is 9.55. The average molecular weight is 405 g/mol. The molecule has 7 nitrogen and oxygen atoms in total. The number of rotatable bonds is 8. The molecule has 1 aromatic carbocycles. The summed E-state index contributed by atoms with van der Waals surface area (Å²) in [6.07, 6.45) is 1.82. The van der Waals surface area contributed by atoms with E-state index in [1.165, 1.54) is 22.5 Å². The fraction of sp³-hybridized carbons (Fsp3) is 0.588. The molecule has 1 N–H and O–H groups in total. The first-order chi connectivity index (χ1) is 12.3. The van der Waals surface area contributed by atoms with Crippen LogP contribution in [-0.2, 0) is 19.6 Å². The molecule has 1 aliphatic rings. The Morgan fingerprint density at radius 3 is 2.73 bits per heavy atom. The summed E-state index contributed by atoms with van der Waals surface area (Å²) in [4.78, 5) is 12.0. The van der Waals surface area contributed by atoms with E-state index in [-0.39, 0.29) is 47.3 Å². The summed E-state index contributed by atoms with van der Waals surface area (Å²) < 4.78 is 37.8. The lowest BCUT2D eigenvalue weighted by Crippen LogP contribution is -2.41. The minimum absolute atomic E-state index is 0.0397. The first-order valence-electron chi connectivity index (χ1n) is 8.64. The Kier molecular flexibility index (Phi) is 7.69. The van der Waals surface area contributed by atoms with Crippen LogP contribution in [-0.4, -0.2) is 57.6 Å². The maximum Gasteiger partial charge on any atom is 0.258 e. The molecule has 1 atom stereocenters. The summed E-state index contributed by atoms with van der Waals surface area (Å²) in [6.45, 7) is 4.91. The number of benzene rings is 1. The molecular weight excluding hydrogens is 380 g/mol. The van der Waals surface area contributed by atoms with Gasteiger partial charge in [-0.15, -0.1) is 0 Å². The van der Waals surface area contributed by atoms with Gasteiger partial charge in [-0.25, -0.2) is 8.42 Å². The van der Waals surface area contributed by atoms with Gasteiger partial charge in [0, 0.05) is 24.2 Å². The van der Waals surface area contributed by atoms with E-state index in [0.29, 0.717) is 13.2 Å². The van der Waals surface area contributed by atoms with E-state index in [9.17, 15) is 13.2 Å². The SMILES string of the molecule is CCC[C@@H](C)NC(=O)COc1ccc(Cl)cc1S(=O)(=O)N1CCOCC1. The van der Waals surface area contributed by atoms with E-state index in [4.69, 9.17) is 21.1 Å². The standard InChI is InChI=1S/C17H25ClN2O5S/c1-3-4-13(2)19-17(21)12-25-15-6-5-14(18)11-16(15)26(22,23)20-7-9-24-10-8-20/h5-6,11,13H,3-4,7-10,12H2,1-2H3,(H,19,21)/t13-/m1/s1. The first kappa shape index (κ1) is 21.0. The van der Waals surface area contributed by atoms with Crippen molar-refractivity contribution < 1.29 is 22.7 Å². The fourth-order valence-electron chi connectivity index (χ4n) is 2.69. The number of hydrogen-bond acceptors (Lipinski definition) is 5. The molecule has 1 saturated heterocycles. The third-order valence-electron chi connectivity index (χ3n) is 3.98. The van der Waals surface area contributed by atoms with Crippen LogP contribution in [0, 0.1) is 0 Å². The molecule has 0 unspecified atom stereocenters. The Morgan fingerprint density at radius 2 is 2.08 bits per heavy atom. The largest absolute Gasteiger partial charge is 0.482 e. The first-order valence-corrected chi connectivity index (χ1v) is 10.5. The minimum Gasteiger partial charge on any atom is -0.482 e. The highest BCUT2D eigenvalue weighted by atomic mass is 35.5. The number of halogens is 1. The number of morpholine rings is 1. The summed E-state index contributed by atoms with van der Waals surface area (Å²) in [7, 11) is -3.78. The highest BCUT2D eigenvalue weighted by molar-refractivity contribution is 7.89. The monoisotopic (exact) mass is 404 g/mol. The summed E-state index contributed by atoms with van der Waals surface area (Å²) in [5.74, 6) is -0.185. The zero-order valence-corrected chi connectivity index (χ0v) is 16.6. The zero-order valence-electron chi connectivity index (χ0n) is 15.0. The van der Waals surface area contributed by atoms with Crippen LogP contribution >= 0.6 is 11.6 Å². The summed E-state index contributed by atoms with van der Waals surface area (Å²) in [5.41, 5.74) is 0. The number of nitrogens with zero attached hydrogens (tertiary/aromatic N) is 1. The van der Waals surface area contributed by atoms with Crippen molar-refractivity contribution in [2.24, 2.45) is 0 Å². The lowest BCUT2D eigenvalue weighted by Gasteiger charge is -2.26. The lowest BCUT2D eigenvalue weighted by molar-refractivity contribution is -0.123. The van der Waals surface area contributed by atoms with Crippen molar-refractivity contribution in [2.45, 2.75) is 37.6 Å². The summed E-state index contributed by atoms with van der Waals surface area (Å²) in [6, 6.07) is 4.39. The minimum atomic E-state index is -3.78. The molecule has 0 radical (unpaired) electrons. The Morgan fingerprint density at radius 1 is 1.38 bits per heavy atom. The van der Waals surface area contributed by atoms with Crippen molar-refractivity contribution >= 4 is 27.5 Å². The van der Waals surface area contributed by atoms with Crippen LogP contribution in [0.3, 0.4) is 0 Å².